The first-order valence-corrected chi connectivity index (χ1v) is 6.10. The summed E-state index contributed by atoms with van der Waals surface area (Å²) in [7, 11) is 0. The van der Waals surface area contributed by atoms with Crippen molar-refractivity contribution in [2.75, 3.05) is 19.7 Å². The van der Waals surface area contributed by atoms with Crippen molar-refractivity contribution >= 4 is 0 Å². The summed E-state index contributed by atoms with van der Waals surface area (Å²) >= 11 is 0. The van der Waals surface area contributed by atoms with Gasteiger partial charge < -0.3 is 10.1 Å². The summed E-state index contributed by atoms with van der Waals surface area (Å²) < 4.78 is 5.65. The molecule has 0 bridgehead atoms. The number of rotatable bonds is 2. The van der Waals surface area contributed by atoms with Gasteiger partial charge >= 0.3 is 0 Å². The van der Waals surface area contributed by atoms with Crippen LogP contribution >= 0.6 is 0 Å². The van der Waals surface area contributed by atoms with E-state index in [2.05, 4.69) is 44.0 Å². The fourth-order valence-corrected chi connectivity index (χ4v) is 1.93. The number of ether oxygens (including phenoxy) is 1. The molecule has 1 aliphatic heterocycles. The SMILES string of the molecule is CCNCC#Cc1ccc2c(c1)C(C)(C)CO2. The Morgan fingerprint density at radius 2 is 2.24 bits per heavy atom. The van der Waals surface area contributed by atoms with Gasteiger partial charge in [-0.25, -0.2) is 0 Å². The van der Waals surface area contributed by atoms with Gasteiger partial charge in [0.2, 0.25) is 0 Å². The highest BCUT2D eigenvalue weighted by atomic mass is 16.5. The van der Waals surface area contributed by atoms with Crippen LogP contribution in [0.2, 0.25) is 0 Å². The van der Waals surface area contributed by atoms with E-state index in [1.54, 1.807) is 0 Å². The van der Waals surface area contributed by atoms with Crippen LogP contribution in [0.25, 0.3) is 0 Å². The van der Waals surface area contributed by atoms with Crippen molar-refractivity contribution in [2.24, 2.45) is 0 Å². The second kappa shape index (κ2) is 4.81. The number of benzene rings is 1. The first-order valence-electron chi connectivity index (χ1n) is 6.10. The fraction of sp³-hybridized carbons (Fsp3) is 0.467. The van der Waals surface area contributed by atoms with E-state index < -0.39 is 0 Å². The standard InChI is InChI=1S/C15H19NO/c1-4-16-9-5-6-12-7-8-14-13(10-12)15(2,3)11-17-14/h7-8,10,16H,4,9,11H2,1-3H3. The predicted octanol–water partition coefficient (Wildman–Crippen LogP) is 2.32. The minimum atomic E-state index is 0.106. The van der Waals surface area contributed by atoms with Gasteiger partial charge in [0.25, 0.3) is 0 Å². The van der Waals surface area contributed by atoms with Crippen LogP contribution in [-0.4, -0.2) is 19.7 Å². The predicted molar refractivity (Wildman–Crippen MR) is 70.4 cm³/mol. The lowest BCUT2D eigenvalue weighted by Gasteiger charge is -2.14. The van der Waals surface area contributed by atoms with Crippen LogP contribution in [0.4, 0.5) is 0 Å². The van der Waals surface area contributed by atoms with Crippen LogP contribution in [0, 0.1) is 11.8 Å². The van der Waals surface area contributed by atoms with Gasteiger partial charge in [0.15, 0.2) is 0 Å². The smallest absolute Gasteiger partial charge is 0.123 e. The summed E-state index contributed by atoms with van der Waals surface area (Å²) in [6.07, 6.45) is 0. The normalized spacial score (nSPS) is 15.7. The molecule has 1 aromatic rings. The first-order chi connectivity index (χ1) is 8.13. The summed E-state index contributed by atoms with van der Waals surface area (Å²) in [5, 5.41) is 3.19. The Labute approximate surface area is 103 Å². The Kier molecular flexibility index (Phi) is 3.40. The quantitative estimate of drug-likeness (QED) is 0.620. The molecule has 0 saturated heterocycles. The average Bonchev–Trinajstić information content (AvgIpc) is 2.61. The van der Waals surface area contributed by atoms with E-state index in [1.165, 1.54) is 5.56 Å². The van der Waals surface area contributed by atoms with Gasteiger partial charge in [-0.1, -0.05) is 32.6 Å². The highest BCUT2D eigenvalue weighted by Gasteiger charge is 2.31. The van der Waals surface area contributed by atoms with Gasteiger partial charge in [-0.15, -0.1) is 0 Å². The van der Waals surface area contributed by atoms with E-state index in [0.29, 0.717) is 0 Å². The molecule has 0 saturated carbocycles. The third-order valence-electron chi connectivity index (χ3n) is 2.99. The molecular formula is C15H19NO. The molecule has 2 rings (SSSR count). The van der Waals surface area contributed by atoms with Crippen molar-refractivity contribution in [1.29, 1.82) is 0 Å². The van der Waals surface area contributed by atoms with E-state index in [0.717, 1.165) is 31.0 Å². The average molecular weight is 229 g/mol. The molecule has 0 atom stereocenters. The molecule has 0 amide bonds. The minimum absolute atomic E-state index is 0.106. The van der Waals surface area contributed by atoms with E-state index in [9.17, 15) is 0 Å². The van der Waals surface area contributed by atoms with E-state index in [1.807, 2.05) is 12.1 Å². The lowest BCUT2D eigenvalue weighted by molar-refractivity contribution is 0.291. The molecule has 2 heteroatoms. The first kappa shape index (κ1) is 12.0. The highest BCUT2D eigenvalue weighted by molar-refractivity contribution is 5.49. The summed E-state index contributed by atoms with van der Waals surface area (Å²) in [5.41, 5.74) is 2.45. The second-order valence-electron chi connectivity index (χ2n) is 4.97. The Balaban J connectivity index is 2.18. The van der Waals surface area contributed by atoms with E-state index in [-0.39, 0.29) is 5.41 Å². The molecule has 0 radical (unpaired) electrons. The molecule has 1 aromatic carbocycles. The third-order valence-corrected chi connectivity index (χ3v) is 2.99. The number of fused-ring (bicyclic) bond motifs is 1. The zero-order valence-corrected chi connectivity index (χ0v) is 10.8. The van der Waals surface area contributed by atoms with Crippen LogP contribution in [0.1, 0.15) is 31.9 Å². The third kappa shape index (κ3) is 2.62. The van der Waals surface area contributed by atoms with Gasteiger partial charge in [-0.2, -0.15) is 0 Å². The van der Waals surface area contributed by atoms with Gasteiger partial charge in [0.1, 0.15) is 5.75 Å². The monoisotopic (exact) mass is 229 g/mol. The molecule has 90 valence electrons. The molecule has 0 fully saturated rings. The van der Waals surface area contributed by atoms with Crippen molar-refractivity contribution in [3.8, 4) is 17.6 Å². The van der Waals surface area contributed by atoms with E-state index >= 15 is 0 Å². The molecule has 1 heterocycles. The lowest BCUT2D eigenvalue weighted by atomic mass is 9.86. The maximum atomic E-state index is 5.65. The Morgan fingerprint density at radius 1 is 1.41 bits per heavy atom. The van der Waals surface area contributed by atoms with Crippen LogP contribution < -0.4 is 10.1 Å². The molecule has 1 N–H and O–H groups in total. The maximum absolute atomic E-state index is 5.65. The number of hydrogen-bond acceptors (Lipinski definition) is 2. The zero-order chi connectivity index (χ0) is 12.3. The molecule has 0 unspecified atom stereocenters. The van der Waals surface area contributed by atoms with Gasteiger partial charge in [0.05, 0.1) is 13.2 Å². The minimum Gasteiger partial charge on any atom is -0.492 e. The van der Waals surface area contributed by atoms with Crippen LogP contribution in [0.15, 0.2) is 18.2 Å². The van der Waals surface area contributed by atoms with Crippen molar-refractivity contribution < 1.29 is 4.74 Å². The Morgan fingerprint density at radius 3 is 3.00 bits per heavy atom. The molecule has 1 aliphatic rings. The molecular weight excluding hydrogens is 210 g/mol. The molecule has 17 heavy (non-hydrogen) atoms. The zero-order valence-electron chi connectivity index (χ0n) is 10.8. The van der Waals surface area contributed by atoms with Crippen LogP contribution in [-0.2, 0) is 5.41 Å². The van der Waals surface area contributed by atoms with Gasteiger partial charge in [0, 0.05) is 16.5 Å². The summed E-state index contributed by atoms with van der Waals surface area (Å²) in [6, 6.07) is 6.21. The molecule has 0 aromatic heterocycles. The van der Waals surface area contributed by atoms with Crippen molar-refractivity contribution in [3.05, 3.63) is 29.3 Å². The summed E-state index contributed by atoms with van der Waals surface area (Å²) in [4.78, 5) is 0. The Bertz CT molecular complexity index is 466. The lowest BCUT2D eigenvalue weighted by Crippen LogP contribution is -2.18. The molecule has 0 aliphatic carbocycles. The van der Waals surface area contributed by atoms with Crippen molar-refractivity contribution in [1.82, 2.24) is 5.32 Å². The second-order valence-corrected chi connectivity index (χ2v) is 4.97. The van der Waals surface area contributed by atoms with E-state index in [4.69, 9.17) is 4.74 Å². The molecule has 0 spiro atoms. The summed E-state index contributed by atoms with van der Waals surface area (Å²) in [6.45, 7) is 8.95. The van der Waals surface area contributed by atoms with Crippen molar-refractivity contribution in [3.63, 3.8) is 0 Å². The maximum Gasteiger partial charge on any atom is 0.123 e. The van der Waals surface area contributed by atoms with Crippen LogP contribution in [0.3, 0.4) is 0 Å². The van der Waals surface area contributed by atoms with Crippen LogP contribution in [0.5, 0.6) is 5.75 Å². The number of nitrogens with one attached hydrogen (secondary N) is 1. The van der Waals surface area contributed by atoms with Gasteiger partial charge in [-0.3, -0.25) is 0 Å². The fourth-order valence-electron chi connectivity index (χ4n) is 1.93. The largest absolute Gasteiger partial charge is 0.492 e. The van der Waals surface area contributed by atoms with Gasteiger partial charge in [-0.05, 0) is 24.7 Å². The Hall–Kier alpha value is -1.46. The van der Waals surface area contributed by atoms with Crippen molar-refractivity contribution in [2.45, 2.75) is 26.2 Å². The highest BCUT2D eigenvalue weighted by Crippen LogP contribution is 2.38. The number of hydrogen-bond donors (Lipinski definition) is 1. The topological polar surface area (TPSA) is 21.3 Å². The molecule has 2 nitrogen and oxygen atoms in total. The summed E-state index contributed by atoms with van der Waals surface area (Å²) in [5.74, 6) is 7.30.